The first kappa shape index (κ1) is 32.7. The lowest BCUT2D eigenvalue weighted by atomic mass is 9.90. The van der Waals surface area contributed by atoms with Crippen LogP contribution in [0, 0.1) is 0 Å². The second-order valence-corrected chi connectivity index (χ2v) is 15.1. The van der Waals surface area contributed by atoms with E-state index in [9.17, 15) is 0 Å². The Balaban J connectivity index is 0.914. The number of fused-ring (bicyclic) bond motifs is 10. The van der Waals surface area contributed by atoms with Gasteiger partial charge in [0.1, 0.15) is 35.0 Å². The zero-order valence-electron chi connectivity index (χ0n) is 31.3. The number of benzene rings is 7. The van der Waals surface area contributed by atoms with Crippen molar-refractivity contribution in [2.24, 2.45) is 9.98 Å². The lowest BCUT2D eigenvalue weighted by Gasteiger charge is -2.28. The third kappa shape index (κ3) is 5.22. The van der Waals surface area contributed by atoms with Gasteiger partial charge < -0.3 is 14.5 Å². The molecule has 58 heavy (non-hydrogen) atoms. The number of ether oxygens (including phenoxy) is 1. The number of furan rings is 1. The molecule has 12 rings (SSSR count). The number of allylic oxidation sites excluding steroid dienone is 2. The van der Waals surface area contributed by atoms with Gasteiger partial charge >= 0.3 is 0 Å². The highest BCUT2D eigenvalue weighted by atomic mass is 16.5. The molecular weight excluding hydrogens is 713 g/mol. The predicted octanol–water partition coefficient (Wildman–Crippen LogP) is 11.9. The highest BCUT2D eigenvalue weighted by Gasteiger charge is 2.34. The van der Waals surface area contributed by atoms with Crippen molar-refractivity contribution in [1.29, 1.82) is 0 Å². The molecule has 0 radical (unpaired) electrons. The van der Waals surface area contributed by atoms with Gasteiger partial charge in [0, 0.05) is 66.7 Å². The van der Waals surface area contributed by atoms with Gasteiger partial charge in [0.15, 0.2) is 5.84 Å². The Morgan fingerprint density at radius 1 is 0.569 bits per heavy atom. The van der Waals surface area contributed by atoms with Gasteiger partial charge in [0.05, 0.1) is 11.2 Å². The fraction of sp³-hybridized carbons (Fsp3) is 0.0577. The molecule has 6 heteroatoms. The molecule has 1 aliphatic carbocycles. The minimum atomic E-state index is -0.276. The molecule has 2 aromatic heterocycles. The molecular formula is C52H34N4O2. The first-order chi connectivity index (χ1) is 28.7. The standard InChI is InChI=1S/C52H34N4O2/c1-4-13-31(14-5-1)48-40-27-28-43-47(46(40)39-19-10-11-22-42(39)53-48)41-21-12-20-36(49(41)58-43)34-23-25-37-38-26-24-35(30-45(38)57-44(37)29-34)52-55-50(32-15-6-2-7-16-32)54-51(56-52)33-17-8-3-9-18-33/h1-29,45,52H,30H2,(H,54,55,56). The van der Waals surface area contributed by atoms with Crippen molar-refractivity contribution in [3.63, 3.8) is 0 Å². The van der Waals surface area contributed by atoms with Crippen LogP contribution in [0.2, 0.25) is 0 Å². The van der Waals surface area contributed by atoms with Gasteiger partial charge in [-0.3, -0.25) is 0 Å². The summed E-state index contributed by atoms with van der Waals surface area (Å²) in [7, 11) is 0. The summed E-state index contributed by atoms with van der Waals surface area (Å²) in [5, 5.41) is 9.18. The van der Waals surface area contributed by atoms with Crippen molar-refractivity contribution in [3.05, 3.63) is 198 Å². The van der Waals surface area contributed by atoms with Gasteiger partial charge in [-0.15, -0.1) is 0 Å². The number of nitrogens with zero attached hydrogens (tertiary/aromatic N) is 3. The molecule has 4 heterocycles. The zero-order valence-corrected chi connectivity index (χ0v) is 31.3. The Hall–Kier alpha value is -7.57. The summed E-state index contributed by atoms with van der Waals surface area (Å²) in [6, 6.07) is 56.6. The minimum absolute atomic E-state index is 0.115. The highest BCUT2D eigenvalue weighted by molar-refractivity contribution is 6.29. The molecule has 0 spiro atoms. The van der Waals surface area contributed by atoms with E-state index in [2.05, 4.69) is 139 Å². The average Bonchev–Trinajstić information content (AvgIpc) is 3.87. The van der Waals surface area contributed by atoms with Crippen LogP contribution in [0.4, 0.5) is 0 Å². The maximum absolute atomic E-state index is 6.81. The average molecular weight is 747 g/mol. The topological polar surface area (TPSA) is 72.0 Å². The number of amidine groups is 2. The number of rotatable bonds is 5. The smallest absolute Gasteiger partial charge is 0.159 e. The number of nitrogens with one attached hydrogen (secondary N) is 1. The second-order valence-electron chi connectivity index (χ2n) is 15.1. The van der Waals surface area contributed by atoms with Crippen molar-refractivity contribution in [2.75, 3.05) is 0 Å². The van der Waals surface area contributed by atoms with Gasteiger partial charge in [-0.25, -0.2) is 15.0 Å². The van der Waals surface area contributed by atoms with Crippen LogP contribution in [0.1, 0.15) is 23.1 Å². The van der Waals surface area contributed by atoms with Crippen LogP contribution in [-0.2, 0) is 0 Å². The van der Waals surface area contributed by atoms with E-state index in [0.717, 1.165) is 99.8 Å². The van der Waals surface area contributed by atoms with E-state index < -0.39 is 0 Å². The van der Waals surface area contributed by atoms with Crippen LogP contribution < -0.4 is 10.1 Å². The molecule has 1 N–H and O–H groups in total. The number of hydrogen-bond acceptors (Lipinski definition) is 6. The number of aliphatic imine (C=N–C) groups is 2. The molecule has 9 aromatic rings. The maximum Gasteiger partial charge on any atom is 0.159 e. The number of para-hydroxylation sites is 2. The van der Waals surface area contributed by atoms with Crippen molar-refractivity contribution < 1.29 is 9.15 Å². The van der Waals surface area contributed by atoms with E-state index in [0.29, 0.717) is 12.3 Å². The van der Waals surface area contributed by atoms with Gasteiger partial charge in [0.25, 0.3) is 0 Å². The van der Waals surface area contributed by atoms with Crippen LogP contribution >= 0.6 is 0 Å². The van der Waals surface area contributed by atoms with Crippen LogP contribution in [0.25, 0.3) is 71.6 Å². The summed E-state index contributed by atoms with van der Waals surface area (Å²) in [5.74, 6) is 2.40. The molecule has 0 saturated heterocycles. The van der Waals surface area contributed by atoms with E-state index >= 15 is 0 Å². The van der Waals surface area contributed by atoms with Gasteiger partial charge in [0.2, 0.25) is 0 Å². The Kier molecular flexibility index (Phi) is 7.32. The molecule has 0 fully saturated rings. The molecule has 3 aliphatic rings. The van der Waals surface area contributed by atoms with Crippen LogP contribution in [0.15, 0.2) is 196 Å². The summed E-state index contributed by atoms with van der Waals surface area (Å²) < 4.78 is 13.6. The van der Waals surface area contributed by atoms with Crippen LogP contribution in [0.3, 0.4) is 0 Å². The summed E-state index contributed by atoms with van der Waals surface area (Å²) in [5.41, 5.74) is 12.3. The zero-order chi connectivity index (χ0) is 38.2. The normalized spacial score (nSPS) is 17.2. The molecule has 274 valence electrons. The first-order valence-electron chi connectivity index (χ1n) is 19.7. The first-order valence-corrected chi connectivity index (χ1v) is 19.7. The molecule has 0 bridgehead atoms. The summed E-state index contributed by atoms with van der Waals surface area (Å²) in [6.07, 6.45) is 4.73. The lowest BCUT2D eigenvalue weighted by Crippen LogP contribution is -2.41. The number of pyridine rings is 1. The van der Waals surface area contributed by atoms with Gasteiger partial charge in [-0.1, -0.05) is 152 Å². The summed E-state index contributed by atoms with van der Waals surface area (Å²) >= 11 is 0. The van der Waals surface area contributed by atoms with Crippen molar-refractivity contribution in [2.45, 2.75) is 18.7 Å². The Morgan fingerprint density at radius 3 is 2.14 bits per heavy atom. The number of aromatic nitrogens is 1. The van der Waals surface area contributed by atoms with E-state index in [4.69, 9.17) is 24.1 Å². The number of hydrogen-bond donors (Lipinski definition) is 1. The summed E-state index contributed by atoms with van der Waals surface area (Å²) in [4.78, 5) is 15.2. The van der Waals surface area contributed by atoms with Crippen LogP contribution in [-0.4, -0.2) is 28.9 Å². The molecule has 0 amide bonds. The van der Waals surface area contributed by atoms with Crippen molar-refractivity contribution in [3.8, 4) is 28.1 Å². The van der Waals surface area contributed by atoms with Crippen molar-refractivity contribution in [1.82, 2.24) is 10.3 Å². The highest BCUT2D eigenvalue weighted by Crippen LogP contribution is 2.47. The monoisotopic (exact) mass is 746 g/mol. The molecule has 6 nitrogen and oxygen atoms in total. The third-order valence-corrected chi connectivity index (χ3v) is 11.7. The van der Waals surface area contributed by atoms with E-state index in [1.54, 1.807) is 0 Å². The van der Waals surface area contributed by atoms with E-state index in [1.165, 1.54) is 5.57 Å². The summed E-state index contributed by atoms with van der Waals surface area (Å²) in [6.45, 7) is 0. The molecule has 0 saturated carbocycles. The quantitative estimate of drug-likeness (QED) is 0.178. The van der Waals surface area contributed by atoms with Crippen LogP contribution in [0.5, 0.6) is 5.75 Å². The molecule has 2 atom stereocenters. The van der Waals surface area contributed by atoms with E-state index in [1.807, 2.05) is 42.5 Å². The maximum atomic E-state index is 6.81. The molecule has 2 unspecified atom stereocenters. The fourth-order valence-electron chi connectivity index (χ4n) is 8.92. The Bertz CT molecular complexity index is 3250. The molecule has 7 aromatic carbocycles. The van der Waals surface area contributed by atoms with Gasteiger partial charge in [-0.2, -0.15) is 0 Å². The lowest BCUT2D eigenvalue weighted by molar-refractivity contribution is 0.272. The van der Waals surface area contributed by atoms with E-state index in [-0.39, 0.29) is 12.3 Å². The van der Waals surface area contributed by atoms with Gasteiger partial charge in [-0.05, 0) is 35.4 Å². The molecule has 2 aliphatic heterocycles. The minimum Gasteiger partial charge on any atom is -0.485 e. The fourth-order valence-corrected chi connectivity index (χ4v) is 8.92. The largest absolute Gasteiger partial charge is 0.485 e. The Morgan fingerprint density at radius 2 is 1.31 bits per heavy atom. The third-order valence-electron chi connectivity index (χ3n) is 11.7. The van der Waals surface area contributed by atoms with Crippen molar-refractivity contribution >= 4 is 60.9 Å². The second kappa shape index (κ2) is 13.0. The predicted molar refractivity (Wildman–Crippen MR) is 235 cm³/mol. The SMILES string of the molecule is C1=C(C2N=C(c3ccccc3)N=C(c3ccccc3)N2)CC2Oc3cc(-c4cccc5c4oc4ccc6c(-c7ccccc7)nc7ccccc7c6c45)ccc3C2=C1. The Labute approximate surface area is 334 Å².